The number of aromatic nitrogens is 4. The predicted molar refractivity (Wildman–Crippen MR) is 68.5 cm³/mol. The molecule has 17 heavy (non-hydrogen) atoms. The Morgan fingerprint density at radius 1 is 1.29 bits per heavy atom. The first-order valence-electron chi connectivity index (χ1n) is 5.86. The fraction of sp³-hybridized carbons (Fsp3) is 0.545. The van der Waals surface area contributed by atoms with Crippen molar-refractivity contribution in [2.24, 2.45) is 0 Å². The Hall–Kier alpha value is -0.810. The van der Waals surface area contributed by atoms with Crippen molar-refractivity contribution in [3.63, 3.8) is 0 Å². The van der Waals surface area contributed by atoms with E-state index >= 15 is 0 Å². The van der Waals surface area contributed by atoms with Gasteiger partial charge in [-0.15, -0.1) is 11.8 Å². The zero-order valence-electron chi connectivity index (χ0n) is 9.34. The average molecular weight is 269 g/mol. The maximum absolute atomic E-state index is 5.99. The Morgan fingerprint density at radius 2 is 2.12 bits per heavy atom. The van der Waals surface area contributed by atoms with Gasteiger partial charge in [0.25, 0.3) is 5.78 Å². The molecule has 2 aromatic heterocycles. The summed E-state index contributed by atoms with van der Waals surface area (Å²) < 4.78 is 1.77. The van der Waals surface area contributed by atoms with Gasteiger partial charge in [-0.25, -0.2) is 0 Å². The molecular formula is C11H13ClN4S. The molecule has 0 atom stereocenters. The molecule has 0 amide bonds. The first-order valence-corrected chi connectivity index (χ1v) is 7.11. The van der Waals surface area contributed by atoms with Gasteiger partial charge >= 0.3 is 0 Å². The van der Waals surface area contributed by atoms with Crippen molar-refractivity contribution < 1.29 is 0 Å². The van der Waals surface area contributed by atoms with Crippen LogP contribution in [0.25, 0.3) is 5.78 Å². The van der Waals surface area contributed by atoms with Gasteiger partial charge < -0.3 is 0 Å². The van der Waals surface area contributed by atoms with Gasteiger partial charge in [-0.1, -0.05) is 30.9 Å². The number of halogens is 1. The quantitative estimate of drug-likeness (QED) is 0.785. The fourth-order valence-electron chi connectivity index (χ4n) is 2.20. The predicted octanol–water partition coefficient (Wildman–Crippen LogP) is 3.20. The summed E-state index contributed by atoms with van der Waals surface area (Å²) in [7, 11) is 0. The first-order chi connectivity index (χ1) is 8.33. The number of rotatable bonds is 2. The van der Waals surface area contributed by atoms with Crippen molar-refractivity contribution in [2.45, 2.75) is 42.4 Å². The van der Waals surface area contributed by atoms with Crippen LogP contribution in [0.5, 0.6) is 0 Å². The molecule has 0 spiro atoms. The standard InChI is InChI=1S/C11H13ClN4S/c12-9-6-10(16-11(15-9)13-7-14-16)17-8-4-2-1-3-5-8/h6-8H,1-5H2. The van der Waals surface area contributed by atoms with E-state index in [1.165, 1.54) is 38.4 Å². The Kier molecular flexibility index (Phi) is 3.20. The molecule has 0 bridgehead atoms. The summed E-state index contributed by atoms with van der Waals surface area (Å²) in [5, 5.41) is 6.40. The van der Waals surface area contributed by atoms with Gasteiger partial charge in [0.05, 0.1) is 0 Å². The highest BCUT2D eigenvalue weighted by Crippen LogP contribution is 2.33. The lowest BCUT2D eigenvalue weighted by Gasteiger charge is -2.20. The average Bonchev–Trinajstić information content (AvgIpc) is 2.78. The van der Waals surface area contributed by atoms with Crippen molar-refractivity contribution in [2.75, 3.05) is 0 Å². The number of hydrogen-bond donors (Lipinski definition) is 0. The van der Waals surface area contributed by atoms with Crippen LogP contribution in [0.15, 0.2) is 17.4 Å². The maximum atomic E-state index is 5.99. The van der Waals surface area contributed by atoms with Crippen molar-refractivity contribution >= 4 is 29.1 Å². The van der Waals surface area contributed by atoms with Gasteiger partial charge in [0.1, 0.15) is 16.5 Å². The highest BCUT2D eigenvalue weighted by Gasteiger charge is 2.17. The largest absolute Gasteiger partial charge is 0.254 e. The van der Waals surface area contributed by atoms with Gasteiger partial charge in [0.2, 0.25) is 0 Å². The molecule has 0 N–H and O–H groups in total. The second kappa shape index (κ2) is 4.82. The SMILES string of the molecule is Clc1cc(SC2CCCCC2)n2ncnc2n1. The highest BCUT2D eigenvalue weighted by molar-refractivity contribution is 7.99. The van der Waals surface area contributed by atoms with E-state index in [-0.39, 0.29) is 0 Å². The number of nitrogens with zero attached hydrogens (tertiary/aromatic N) is 4. The normalized spacial score (nSPS) is 17.7. The molecule has 3 rings (SSSR count). The van der Waals surface area contributed by atoms with Gasteiger partial charge in [-0.3, -0.25) is 0 Å². The first kappa shape index (κ1) is 11.3. The zero-order chi connectivity index (χ0) is 11.7. The summed E-state index contributed by atoms with van der Waals surface area (Å²) >= 11 is 7.84. The molecule has 1 aliphatic carbocycles. The van der Waals surface area contributed by atoms with Crippen LogP contribution in [-0.4, -0.2) is 24.8 Å². The Morgan fingerprint density at radius 3 is 2.94 bits per heavy atom. The molecule has 90 valence electrons. The fourth-order valence-corrected chi connectivity index (χ4v) is 3.76. The molecule has 1 fully saturated rings. The number of thioether (sulfide) groups is 1. The molecule has 2 aromatic rings. The van der Waals surface area contributed by atoms with Crippen LogP contribution in [0.1, 0.15) is 32.1 Å². The third kappa shape index (κ3) is 2.40. The molecule has 0 saturated heterocycles. The molecule has 2 heterocycles. The van der Waals surface area contributed by atoms with Crippen LogP contribution in [-0.2, 0) is 0 Å². The third-order valence-corrected chi connectivity index (χ3v) is 4.56. The van der Waals surface area contributed by atoms with Crippen molar-refractivity contribution in [1.82, 2.24) is 19.6 Å². The maximum Gasteiger partial charge on any atom is 0.254 e. The van der Waals surface area contributed by atoms with Gasteiger partial charge in [-0.05, 0) is 12.8 Å². The monoisotopic (exact) mass is 268 g/mol. The lowest BCUT2D eigenvalue weighted by molar-refractivity contribution is 0.515. The van der Waals surface area contributed by atoms with E-state index in [4.69, 9.17) is 11.6 Å². The summed E-state index contributed by atoms with van der Waals surface area (Å²) in [6.07, 6.45) is 8.10. The highest BCUT2D eigenvalue weighted by atomic mass is 35.5. The lowest BCUT2D eigenvalue weighted by atomic mass is 10.0. The van der Waals surface area contributed by atoms with E-state index in [1.54, 1.807) is 4.52 Å². The Balaban J connectivity index is 1.90. The molecule has 0 aromatic carbocycles. The van der Waals surface area contributed by atoms with E-state index in [9.17, 15) is 0 Å². The summed E-state index contributed by atoms with van der Waals surface area (Å²) in [6, 6.07) is 1.88. The van der Waals surface area contributed by atoms with Crippen molar-refractivity contribution in [3.8, 4) is 0 Å². The van der Waals surface area contributed by atoms with Crippen LogP contribution in [0, 0.1) is 0 Å². The third-order valence-electron chi connectivity index (χ3n) is 3.03. The Bertz CT molecular complexity index is 521. The van der Waals surface area contributed by atoms with Crippen LogP contribution < -0.4 is 0 Å². The van der Waals surface area contributed by atoms with E-state index < -0.39 is 0 Å². The molecule has 0 aliphatic heterocycles. The summed E-state index contributed by atoms with van der Waals surface area (Å²) in [6.45, 7) is 0. The molecule has 0 unspecified atom stereocenters. The van der Waals surface area contributed by atoms with E-state index in [2.05, 4.69) is 15.1 Å². The minimum atomic E-state index is 0.490. The van der Waals surface area contributed by atoms with Gasteiger partial charge in [-0.2, -0.15) is 19.6 Å². The number of fused-ring (bicyclic) bond motifs is 1. The molecule has 4 nitrogen and oxygen atoms in total. The second-order valence-electron chi connectivity index (χ2n) is 4.27. The van der Waals surface area contributed by atoms with Crippen molar-refractivity contribution in [3.05, 3.63) is 17.5 Å². The lowest BCUT2D eigenvalue weighted by Crippen LogP contribution is -2.09. The Labute approximate surface area is 109 Å². The van der Waals surface area contributed by atoms with Crippen molar-refractivity contribution in [1.29, 1.82) is 0 Å². The van der Waals surface area contributed by atoms with Crippen LogP contribution in [0.2, 0.25) is 5.15 Å². The molecule has 6 heteroatoms. The minimum absolute atomic E-state index is 0.490. The van der Waals surface area contributed by atoms with E-state index in [0.29, 0.717) is 16.2 Å². The smallest absolute Gasteiger partial charge is 0.199 e. The summed E-state index contributed by atoms with van der Waals surface area (Å²) in [4.78, 5) is 8.21. The molecule has 1 saturated carbocycles. The van der Waals surface area contributed by atoms with E-state index in [0.717, 1.165) is 5.03 Å². The van der Waals surface area contributed by atoms with Crippen LogP contribution >= 0.6 is 23.4 Å². The van der Waals surface area contributed by atoms with Crippen LogP contribution in [0.4, 0.5) is 0 Å². The number of hydrogen-bond acceptors (Lipinski definition) is 4. The second-order valence-corrected chi connectivity index (χ2v) is 5.97. The zero-order valence-corrected chi connectivity index (χ0v) is 10.9. The molecule has 1 aliphatic rings. The van der Waals surface area contributed by atoms with Gasteiger partial charge in [0, 0.05) is 11.3 Å². The summed E-state index contributed by atoms with van der Waals surface area (Å²) in [5.74, 6) is 0.579. The molecule has 0 radical (unpaired) electrons. The van der Waals surface area contributed by atoms with Gasteiger partial charge in [0.15, 0.2) is 0 Å². The topological polar surface area (TPSA) is 43.1 Å². The summed E-state index contributed by atoms with van der Waals surface area (Å²) in [5.41, 5.74) is 0. The van der Waals surface area contributed by atoms with Crippen LogP contribution in [0.3, 0.4) is 0 Å². The van der Waals surface area contributed by atoms with E-state index in [1.807, 2.05) is 17.8 Å². The molecular weight excluding hydrogens is 256 g/mol. The minimum Gasteiger partial charge on any atom is -0.199 e.